The normalized spacial score (nSPS) is 16.5. The number of carbonyl (C=O) groups is 1. The molecule has 5 nitrogen and oxygen atoms in total. The molecule has 2 heterocycles. The lowest BCUT2D eigenvalue weighted by Crippen LogP contribution is -2.34. The van der Waals surface area contributed by atoms with Crippen LogP contribution in [-0.4, -0.2) is 33.3 Å². The zero-order chi connectivity index (χ0) is 35.0. The van der Waals surface area contributed by atoms with Crippen LogP contribution in [0.3, 0.4) is 0 Å². The van der Waals surface area contributed by atoms with Gasteiger partial charge in [0.2, 0.25) is 0 Å². The lowest BCUT2D eigenvalue weighted by atomic mass is 9.82. The molecule has 1 fully saturated rings. The van der Waals surface area contributed by atoms with E-state index in [1.165, 1.54) is 42.3 Å². The van der Waals surface area contributed by atoms with Crippen LogP contribution >= 0.6 is 0 Å². The van der Waals surface area contributed by atoms with Crippen molar-refractivity contribution in [2.24, 2.45) is 0 Å². The number of aryl methyl sites for hydroxylation is 1. The average molecular weight is 672 g/mol. The minimum Gasteiger partial charge on any atom is -0.497 e. The second-order valence-electron chi connectivity index (χ2n) is 13.4. The van der Waals surface area contributed by atoms with Crippen LogP contribution in [0.15, 0.2) is 127 Å². The molecule has 0 saturated carbocycles. The van der Waals surface area contributed by atoms with Crippen LogP contribution < -0.4 is 14.4 Å². The third-order valence-electron chi connectivity index (χ3n) is 10.5. The van der Waals surface area contributed by atoms with Crippen molar-refractivity contribution in [3.63, 3.8) is 0 Å². The van der Waals surface area contributed by atoms with Gasteiger partial charge in [-0.1, -0.05) is 91.9 Å². The standard InChI is InChI=1S/C46H41NO4/c1-4-31-7-9-32(10-8-31)33-11-13-34(14-12-33)35-15-24-41-36(29-35)30-43(45(48)50-3)42-25-26-46(51-44(41)42,38-18-22-40(49-2)23-19-38)37-16-20-39(21-17-37)47-27-5-6-28-47/h7-26,29-30H,4-6,27-28H2,1-3H3. The number of hydrogen-bond donors (Lipinski definition) is 0. The molecule has 1 saturated heterocycles. The van der Waals surface area contributed by atoms with Crippen LogP contribution in [-0.2, 0) is 16.8 Å². The lowest BCUT2D eigenvalue weighted by molar-refractivity contribution is 0.0599. The maximum atomic E-state index is 13.3. The summed E-state index contributed by atoms with van der Waals surface area (Å²) >= 11 is 0. The predicted octanol–water partition coefficient (Wildman–Crippen LogP) is 10.5. The fourth-order valence-electron chi connectivity index (χ4n) is 7.52. The van der Waals surface area contributed by atoms with Gasteiger partial charge in [-0.25, -0.2) is 4.79 Å². The minimum atomic E-state index is -0.950. The van der Waals surface area contributed by atoms with E-state index in [0.717, 1.165) is 58.3 Å². The number of methoxy groups -OCH3 is 2. The van der Waals surface area contributed by atoms with E-state index in [0.29, 0.717) is 16.9 Å². The van der Waals surface area contributed by atoms with Gasteiger partial charge in [0.15, 0.2) is 5.60 Å². The summed E-state index contributed by atoms with van der Waals surface area (Å²) in [4.78, 5) is 15.7. The number of rotatable bonds is 8. The van der Waals surface area contributed by atoms with E-state index < -0.39 is 11.6 Å². The first-order chi connectivity index (χ1) is 25.0. The smallest absolute Gasteiger partial charge is 0.338 e. The summed E-state index contributed by atoms with van der Waals surface area (Å²) in [5.41, 5.74) is 9.23. The molecule has 0 radical (unpaired) electrons. The van der Waals surface area contributed by atoms with E-state index >= 15 is 0 Å². The molecule has 51 heavy (non-hydrogen) atoms. The van der Waals surface area contributed by atoms with E-state index in [1.54, 1.807) is 7.11 Å². The fraction of sp³-hybridized carbons (Fsp3) is 0.196. The van der Waals surface area contributed by atoms with Crippen LogP contribution in [0.5, 0.6) is 11.5 Å². The van der Waals surface area contributed by atoms with Gasteiger partial charge in [-0.3, -0.25) is 0 Å². The van der Waals surface area contributed by atoms with Gasteiger partial charge in [0.1, 0.15) is 11.5 Å². The Balaban J connectivity index is 1.23. The van der Waals surface area contributed by atoms with Crippen molar-refractivity contribution in [2.75, 3.05) is 32.2 Å². The van der Waals surface area contributed by atoms with E-state index in [9.17, 15) is 4.79 Å². The van der Waals surface area contributed by atoms with Crippen LogP contribution in [0.4, 0.5) is 5.69 Å². The first kappa shape index (κ1) is 32.4. The molecule has 6 aromatic rings. The second-order valence-corrected chi connectivity index (χ2v) is 13.4. The number of fused-ring (bicyclic) bond motifs is 3. The highest BCUT2D eigenvalue weighted by molar-refractivity contribution is 6.05. The molecule has 2 aliphatic rings. The zero-order valence-electron chi connectivity index (χ0n) is 29.3. The Hall–Kier alpha value is -5.81. The topological polar surface area (TPSA) is 48.0 Å². The monoisotopic (exact) mass is 671 g/mol. The molecule has 0 spiro atoms. The molecule has 0 N–H and O–H groups in total. The maximum absolute atomic E-state index is 13.3. The quantitative estimate of drug-likeness (QED) is 0.151. The van der Waals surface area contributed by atoms with E-state index in [-0.39, 0.29) is 0 Å². The Labute approximate surface area is 299 Å². The van der Waals surface area contributed by atoms with Gasteiger partial charge in [-0.2, -0.15) is 0 Å². The molecule has 1 unspecified atom stereocenters. The average Bonchev–Trinajstić information content (AvgIpc) is 3.75. The molecule has 6 aromatic carbocycles. The minimum absolute atomic E-state index is 0.405. The zero-order valence-corrected chi connectivity index (χ0v) is 29.3. The number of anilines is 1. The molecular formula is C46H41NO4. The van der Waals surface area contributed by atoms with E-state index in [4.69, 9.17) is 14.2 Å². The maximum Gasteiger partial charge on any atom is 0.338 e. The third kappa shape index (κ3) is 5.93. The molecule has 8 rings (SSSR count). The summed E-state index contributed by atoms with van der Waals surface area (Å²) in [6, 6.07) is 42.4. The largest absolute Gasteiger partial charge is 0.497 e. The van der Waals surface area contributed by atoms with E-state index in [1.807, 2.05) is 24.3 Å². The molecule has 0 aromatic heterocycles. The molecule has 254 valence electrons. The highest BCUT2D eigenvalue weighted by Gasteiger charge is 2.39. The number of nitrogens with zero attached hydrogens (tertiary/aromatic N) is 1. The summed E-state index contributed by atoms with van der Waals surface area (Å²) in [5, 5.41) is 1.82. The van der Waals surface area contributed by atoms with Crippen LogP contribution in [0.1, 0.15) is 52.4 Å². The summed E-state index contributed by atoms with van der Waals surface area (Å²) in [5.74, 6) is 1.01. The summed E-state index contributed by atoms with van der Waals surface area (Å²) < 4.78 is 18.1. The van der Waals surface area contributed by atoms with Gasteiger partial charge in [0, 0.05) is 40.9 Å². The molecule has 0 amide bonds. The van der Waals surface area contributed by atoms with Crippen molar-refractivity contribution >= 4 is 28.5 Å². The van der Waals surface area contributed by atoms with Gasteiger partial charge < -0.3 is 19.1 Å². The summed E-state index contributed by atoms with van der Waals surface area (Å²) in [6.45, 7) is 4.33. The summed E-state index contributed by atoms with van der Waals surface area (Å²) in [7, 11) is 3.09. The molecule has 2 aliphatic heterocycles. The molecule has 5 heteroatoms. The molecule has 0 bridgehead atoms. The fourth-order valence-corrected chi connectivity index (χ4v) is 7.52. The van der Waals surface area contributed by atoms with Crippen LogP contribution in [0, 0.1) is 0 Å². The Morgan fingerprint density at radius 2 is 1.31 bits per heavy atom. The number of carbonyl (C=O) groups excluding carboxylic acids is 1. The van der Waals surface area contributed by atoms with Crippen LogP contribution in [0.25, 0.3) is 39.1 Å². The molecule has 0 aliphatic carbocycles. The van der Waals surface area contributed by atoms with Crippen molar-refractivity contribution in [3.05, 3.63) is 155 Å². The van der Waals surface area contributed by atoms with Gasteiger partial charge >= 0.3 is 5.97 Å². The van der Waals surface area contributed by atoms with Crippen molar-refractivity contribution in [3.8, 4) is 33.8 Å². The van der Waals surface area contributed by atoms with Gasteiger partial charge in [0.05, 0.1) is 19.8 Å². The number of ether oxygens (including phenoxy) is 3. The molecule has 1 atom stereocenters. The first-order valence-electron chi connectivity index (χ1n) is 17.8. The Morgan fingerprint density at radius 3 is 1.92 bits per heavy atom. The van der Waals surface area contributed by atoms with Gasteiger partial charge in [-0.15, -0.1) is 0 Å². The van der Waals surface area contributed by atoms with Crippen molar-refractivity contribution < 1.29 is 19.0 Å². The van der Waals surface area contributed by atoms with Crippen molar-refractivity contribution in [1.82, 2.24) is 0 Å². The highest BCUT2D eigenvalue weighted by Crippen LogP contribution is 2.47. The Bertz CT molecular complexity index is 2230. The predicted molar refractivity (Wildman–Crippen MR) is 207 cm³/mol. The number of benzene rings is 6. The third-order valence-corrected chi connectivity index (χ3v) is 10.5. The van der Waals surface area contributed by atoms with Gasteiger partial charge in [-0.05, 0) is 101 Å². The van der Waals surface area contributed by atoms with Crippen molar-refractivity contribution in [2.45, 2.75) is 31.8 Å². The SMILES string of the molecule is CCc1ccc(-c2ccc(-c3ccc4c5c(c(C(=O)OC)cc4c3)C=CC(c3ccc(OC)cc3)(c3ccc(N4CCCC4)cc3)O5)cc2)cc1. The Morgan fingerprint density at radius 1 is 0.725 bits per heavy atom. The van der Waals surface area contributed by atoms with Gasteiger partial charge in [0.25, 0.3) is 0 Å². The Kier molecular flexibility index (Phi) is 8.57. The van der Waals surface area contributed by atoms with Crippen LogP contribution in [0.2, 0.25) is 0 Å². The first-order valence-corrected chi connectivity index (χ1v) is 17.8. The van der Waals surface area contributed by atoms with Crippen molar-refractivity contribution in [1.29, 1.82) is 0 Å². The number of esters is 1. The van der Waals surface area contributed by atoms with E-state index in [2.05, 4.69) is 121 Å². The highest BCUT2D eigenvalue weighted by atomic mass is 16.5. The summed E-state index contributed by atoms with van der Waals surface area (Å²) in [6.07, 6.45) is 7.54. The molecular weight excluding hydrogens is 631 g/mol. The second kappa shape index (κ2) is 13.5. The number of hydrogen-bond acceptors (Lipinski definition) is 5. The lowest BCUT2D eigenvalue weighted by Gasteiger charge is -2.37.